The molecule has 0 atom stereocenters. The number of hydrogen-bond donors (Lipinski definition) is 0. The summed E-state index contributed by atoms with van der Waals surface area (Å²) in [6.07, 6.45) is 0.286. The standard InChI is InChI=1S/C11H12F2N2O/c12-10(13)11(16)15(9-4-5-9)7-8-3-1-2-6-14-8/h1-3,6,9-10H,4-5,7H2. The van der Waals surface area contributed by atoms with Gasteiger partial charge in [0.25, 0.3) is 5.91 Å². The Balaban J connectivity index is 2.06. The Morgan fingerprint density at radius 3 is 2.75 bits per heavy atom. The van der Waals surface area contributed by atoms with Crippen LogP contribution in [0.1, 0.15) is 18.5 Å². The number of carbonyl (C=O) groups is 1. The molecule has 0 N–H and O–H groups in total. The minimum absolute atomic E-state index is 0.0245. The summed E-state index contributed by atoms with van der Waals surface area (Å²) in [7, 11) is 0. The van der Waals surface area contributed by atoms with Crippen LogP contribution in [0.15, 0.2) is 24.4 Å². The van der Waals surface area contributed by atoms with Crippen molar-refractivity contribution in [3.63, 3.8) is 0 Å². The van der Waals surface area contributed by atoms with Crippen LogP contribution in [-0.2, 0) is 11.3 Å². The lowest BCUT2D eigenvalue weighted by Crippen LogP contribution is -2.37. The molecule has 1 aliphatic rings. The van der Waals surface area contributed by atoms with E-state index in [9.17, 15) is 13.6 Å². The van der Waals surface area contributed by atoms with Crippen molar-refractivity contribution >= 4 is 5.91 Å². The van der Waals surface area contributed by atoms with Crippen LogP contribution in [0.4, 0.5) is 8.78 Å². The summed E-state index contributed by atoms with van der Waals surface area (Å²) in [5.74, 6) is -1.09. The number of halogens is 2. The minimum Gasteiger partial charge on any atom is -0.329 e. The van der Waals surface area contributed by atoms with E-state index in [1.165, 1.54) is 4.90 Å². The molecule has 0 radical (unpaired) electrons. The van der Waals surface area contributed by atoms with Gasteiger partial charge in [0, 0.05) is 12.2 Å². The van der Waals surface area contributed by atoms with E-state index in [1.807, 2.05) is 0 Å². The fourth-order valence-electron chi connectivity index (χ4n) is 1.56. The van der Waals surface area contributed by atoms with Gasteiger partial charge in [-0.25, -0.2) is 0 Å². The highest BCUT2D eigenvalue weighted by Crippen LogP contribution is 2.29. The molecule has 1 aliphatic carbocycles. The van der Waals surface area contributed by atoms with E-state index in [-0.39, 0.29) is 12.6 Å². The molecule has 86 valence electrons. The van der Waals surface area contributed by atoms with Crippen molar-refractivity contribution in [3.8, 4) is 0 Å². The zero-order valence-electron chi connectivity index (χ0n) is 8.64. The molecule has 0 spiro atoms. The van der Waals surface area contributed by atoms with Crippen LogP contribution in [0, 0.1) is 0 Å². The van der Waals surface area contributed by atoms with Crippen LogP contribution in [0.25, 0.3) is 0 Å². The summed E-state index contributed by atoms with van der Waals surface area (Å²) in [6.45, 7) is 0.175. The van der Waals surface area contributed by atoms with Crippen molar-refractivity contribution < 1.29 is 13.6 Å². The van der Waals surface area contributed by atoms with Gasteiger partial charge in [-0.1, -0.05) is 6.07 Å². The van der Waals surface area contributed by atoms with Crippen LogP contribution < -0.4 is 0 Å². The molecule has 1 saturated carbocycles. The first-order valence-electron chi connectivity index (χ1n) is 5.17. The highest BCUT2D eigenvalue weighted by Gasteiger charge is 2.36. The van der Waals surface area contributed by atoms with Crippen molar-refractivity contribution in [1.82, 2.24) is 9.88 Å². The van der Waals surface area contributed by atoms with E-state index in [1.54, 1.807) is 24.4 Å². The monoisotopic (exact) mass is 226 g/mol. The molecule has 0 bridgehead atoms. The second-order valence-electron chi connectivity index (χ2n) is 3.82. The van der Waals surface area contributed by atoms with Crippen molar-refractivity contribution in [3.05, 3.63) is 30.1 Å². The number of alkyl halides is 2. The number of nitrogens with zero attached hydrogens (tertiary/aromatic N) is 2. The Hall–Kier alpha value is -1.52. The average Bonchev–Trinajstić information content (AvgIpc) is 3.10. The Bertz CT molecular complexity index is 366. The number of hydrogen-bond acceptors (Lipinski definition) is 2. The van der Waals surface area contributed by atoms with Gasteiger partial charge in [0.1, 0.15) is 0 Å². The van der Waals surface area contributed by atoms with Gasteiger partial charge in [0.2, 0.25) is 0 Å². The maximum absolute atomic E-state index is 12.4. The summed E-state index contributed by atoms with van der Waals surface area (Å²) in [5, 5.41) is 0. The number of carbonyl (C=O) groups excluding carboxylic acids is 1. The molecule has 1 fully saturated rings. The molecule has 16 heavy (non-hydrogen) atoms. The minimum atomic E-state index is -2.93. The summed E-state index contributed by atoms with van der Waals surface area (Å²) < 4.78 is 24.7. The van der Waals surface area contributed by atoms with E-state index in [0.29, 0.717) is 5.69 Å². The van der Waals surface area contributed by atoms with Gasteiger partial charge in [-0.15, -0.1) is 0 Å². The molecular weight excluding hydrogens is 214 g/mol. The van der Waals surface area contributed by atoms with Gasteiger partial charge < -0.3 is 4.90 Å². The first-order chi connectivity index (χ1) is 7.68. The molecule has 0 unspecified atom stereocenters. The predicted octanol–water partition coefficient (Wildman–Crippen LogP) is 1.84. The van der Waals surface area contributed by atoms with Crippen molar-refractivity contribution in [2.75, 3.05) is 0 Å². The molecule has 3 nitrogen and oxygen atoms in total. The molecule has 0 saturated heterocycles. The van der Waals surface area contributed by atoms with Gasteiger partial charge in [-0.2, -0.15) is 8.78 Å². The molecule has 1 aromatic rings. The molecule has 2 rings (SSSR count). The van der Waals surface area contributed by atoms with Gasteiger partial charge in [0.15, 0.2) is 0 Å². The number of amides is 1. The third-order valence-corrected chi connectivity index (χ3v) is 2.52. The third kappa shape index (κ3) is 2.53. The highest BCUT2D eigenvalue weighted by atomic mass is 19.3. The zero-order chi connectivity index (χ0) is 11.5. The summed E-state index contributed by atoms with van der Waals surface area (Å²) in [4.78, 5) is 16.5. The summed E-state index contributed by atoms with van der Waals surface area (Å²) >= 11 is 0. The third-order valence-electron chi connectivity index (χ3n) is 2.52. The number of aromatic nitrogens is 1. The SMILES string of the molecule is O=C(C(F)F)N(Cc1ccccn1)C1CC1. The van der Waals surface area contributed by atoms with Gasteiger partial charge in [-0.3, -0.25) is 9.78 Å². The Kier molecular flexibility index (Phi) is 3.12. The van der Waals surface area contributed by atoms with Crippen LogP contribution in [0.5, 0.6) is 0 Å². The second-order valence-corrected chi connectivity index (χ2v) is 3.82. The largest absolute Gasteiger partial charge is 0.329 e. The lowest BCUT2D eigenvalue weighted by molar-refractivity contribution is -0.144. The molecule has 0 aliphatic heterocycles. The Labute approximate surface area is 92.1 Å². The lowest BCUT2D eigenvalue weighted by atomic mass is 10.3. The summed E-state index contributed by atoms with van der Waals surface area (Å²) in [6, 6.07) is 5.23. The van der Waals surface area contributed by atoms with Crippen LogP contribution in [-0.4, -0.2) is 28.3 Å². The topological polar surface area (TPSA) is 33.2 Å². The van der Waals surface area contributed by atoms with Crippen molar-refractivity contribution in [2.45, 2.75) is 31.9 Å². The quantitative estimate of drug-likeness (QED) is 0.784. The zero-order valence-corrected chi connectivity index (χ0v) is 8.64. The number of pyridine rings is 1. The fourth-order valence-corrected chi connectivity index (χ4v) is 1.56. The molecule has 1 aromatic heterocycles. The van der Waals surface area contributed by atoms with E-state index in [2.05, 4.69) is 4.98 Å². The van der Waals surface area contributed by atoms with Crippen LogP contribution >= 0.6 is 0 Å². The number of rotatable bonds is 4. The normalized spacial score (nSPS) is 15.2. The van der Waals surface area contributed by atoms with E-state index >= 15 is 0 Å². The van der Waals surface area contributed by atoms with E-state index in [4.69, 9.17) is 0 Å². The predicted molar refractivity (Wildman–Crippen MR) is 53.8 cm³/mol. The second kappa shape index (κ2) is 4.55. The molecule has 1 amide bonds. The van der Waals surface area contributed by atoms with Crippen LogP contribution in [0.2, 0.25) is 0 Å². The Morgan fingerprint density at radius 1 is 1.50 bits per heavy atom. The van der Waals surface area contributed by atoms with Crippen molar-refractivity contribution in [1.29, 1.82) is 0 Å². The van der Waals surface area contributed by atoms with E-state index < -0.39 is 12.3 Å². The molecular formula is C11H12F2N2O. The lowest BCUT2D eigenvalue weighted by Gasteiger charge is -2.21. The molecule has 1 heterocycles. The van der Waals surface area contributed by atoms with Crippen LogP contribution in [0.3, 0.4) is 0 Å². The first-order valence-corrected chi connectivity index (χ1v) is 5.17. The van der Waals surface area contributed by atoms with Crippen molar-refractivity contribution in [2.24, 2.45) is 0 Å². The van der Waals surface area contributed by atoms with Gasteiger partial charge in [-0.05, 0) is 25.0 Å². The fraction of sp³-hybridized carbons (Fsp3) is 0.455. The first kappa shape index (κ1) is 11.0. The highest BCUT2D eigenvalue weighted by molar-refractivity contribution is 5.79. The Morgan fingerprint density at radius 2 is 2.25 bits per heavy atom. The maximum Gasteiger partial charge on any atom is 0.315 e. The van der Waals surface area contributed by atoms with Gasteiger partial charge >= 0.3 is 6.43 Å². The average molecular weight is 226 g/mol. The molecule has 5 heteroatoms. The summed E-state index contributed by atoms with van der Waals surface area (Å²) in [5.41, 5.74) is 0.642. The van der Waals surface area contributed by atoms with Gasteiger partial charge in [0.05, 0.1) is 12.2 Å². The maximum atomic E-state index is 12.4. The van der Waals surface area contributed by atoms with E-state index in [0.717, 1.165) is 12.8 Å². The smallest absolute Gasteiger partial charge is 0.315 e. The molecule has 0 aromatic carbocycles.